The van der Waals surface area contributed by atoms with Crippen molar-refractivity contribution in [3.05, 3.63) is 84.4 Å². The molecule has 3 aromatic rings. The lowest BCUT2D eigenvalue weighted by Gasteiger charge is -2.09. The fourth-order valence-electron chi connectivity index (χ4n) is 2.54. The third kappa shape index (κ3) is 4.70. The van der Waals surface area contributed by atoms with Gasteiger partial charge < -0.3 is 10.1 Å². The topological polar surface area (TPSA) is 38.3 Å². The normalized spacial score (nSPS) is 10.3. The SMILES string of the molecule is CCc1ccc(NC(=O)COc2ccc(-c3ccccc3)cc2)cc1. The molecule has 3 aromatic carbocycles. The Kier molecular flexibility index (Phi) is 5.47. The summed E-state index contributed by atoms with van der Waals surface area (Å²) in [5.74, 6) is 0.507. The van der Waals surface area contributed by atoms with E-state index in [-0.39, 0.29) is 12.5 Å². The van der Waals surface area contributed by atoms with Crippen LogP contribution in [0.15, 0.2) is 78.9 Å². The number of carbonyl (C=O) groups is 1. The summed E-state index contributed by atoms with van der Waals surface area (Å²) in [6, 6.07) is 25.7. The molecule has 0 aliphatic carbocycles. The number of carbonyl (C=O) groups excluding carboxylic acids is 1. The second-order valence-electron chi connectivity index (χ2n) is 5.78. The average molecular weight is 331 g/mol. The average Bonchev–Trinajstić information content (AvgIpc) is 2.68. The van der Waals surface area contributed by atoms with Gasteiger partial charge in [-0.1, -0.05) is 61.5 Å². The zero-order valence-electron chi connectivity index (χ0n) is 14.2. The first-order valence-corrected chi connectivity index (χ1v) is 8.41. The fourth-order valence-corrected chi connectivity index (χ4v) is 2.54. The number of benzene rings is 3. The molecular weight excluding hydrogens is 310 g/mol. The summed E-state index contributed by atoms with van der Waals surface area (Å²) in [6.07, 6.45) is 0.982. The Hall–Kier alpha value is -3.07. The molecule has 3 rings (SSSR count). The Morgan fingerprint density at radius 2 is 1.48 bits per heavy atom. The van der Waals surface area contributed by atoms with Crippen LogP contribution in [0.5, 0.6) is 5.75 Å². The summed E-state index contributed by atoms with van der Waals surface area (Å²) in [4.78, 5) is 12.0. The number of amides is 1. The minimum Gasteiger partial charge on any atom is -0.484 e. The van der Waals surface area contributed by atoms with Gasteiger partial charge in [-0.05, 0) is 47.4 Å². The van der Waals surface area contributed by atoms with Gasteiger partial charge in [0.1, 0.15) is 5.75 Å². The lowest BCUT2D eigenvalue weighted by atomic mass is 10.1. The van der Waals surface area contributed by atoms with Crippen LogP contribution >= 0.6 is 0 Å². The number of hydrogen-bond acceptors (Lipinski definition) is 2. The van der Waals surface area contributed by atoms with Crippen molar-refractivity contribution in [3.8, 4) is 16.9 Å². The highest BCUT2D eigenvalue weighted by atomic mass is 16.5. The number of nitrogens with one attached hydrogen (secondary N) is 1. The van der Waals surface area contributed by atoms with Crippen LogP contribution < -0.4 is 10.1 Å². The number of rotatable bonds is 6. The van der Waals surface area contributed by atoms with Crippen molar-refractivity contribution in [1.82, 2.24) is 0 Å². The van der Waals surface area contributed by atoms with Crippen molar-refractivity contribution in [2.45, 2.75) is 13.3 Å². The Balaban J connectivity index is 1.53. The van der Waals surface area contributed by atoms with Gasteiger partial charge in [-0.2, -0.15) is 0 Å². The van der Waals surface area contributed by atoms with E-state index in [9.17, 15) is 4.79 Å². The minimum atomic E-state index is -0.170. The summed E-state index contributed by atoms with van der Waals surface area (Å²) in [5.41, 5.74) is 4.30. The first-order valence-electron chi connectivity index (χ1n) is 8.41. The van der Waals surface area contributed by atoms with Crippen LogP contribution in [0.1, 0.15) is 12.5 Å². The van der Waals surface area contributed by atoms with Crippen LogP contribution in [0, 0.1) is 0 Å². The molecule has 25 heavy (non-hydrogen) atoms. The van der Waals surface area contributed by atoms with Crippen LogP contribution in [0.25, 0.3) is 11.1 Å². The highest BCUT2D eigenvalue weighted by Gasteiger charge is 2.04. The van der Waals surface area contributed by atoms with Crippen LogP contribution in [0.4, 0.5) is 5.69 Å². The summed E-state index contributed by atoms with van der Waals surface area (Å²) in [6.45, 7) is 2.09. The van der Waals surface area contributed by atoms with Gasteiger partial charge in [0.25, 0.3) is 5.91 Å². The summed E-state index contributed by atoms with van der Waals surface area (Å²) < 4.78 is 5.56. The molecule has 0 aromatic heterocycles. The van der Waals surface area contributed by atoms with E-state index < -0.39 is 0 Å². The van der Waals surface area contributed by atoms with Crippen LogP contribution in [0.3, 0.4) is 0 Å². The van der Waals surface area contributed by atoms with Crippen molar-refractivity contribution in [2.75, 3.05) is 11.9 Å². The van der Waals surface area contributed by atoms with E-state index in [4.69, 9.17) is 4.74 Å². The first-order chi connectivity index (χ1) is 12.2. The van der Waals surface area contributed by atoms with E-state index in [2.05, 4.69) is 24.4 Å². The van der Waals surface area contributed by atoms with Crippen molar-refractivity contribution in [2.24, 2.45) is 0 Å². The van der Waals surface area contributed by atoms with Crippen LogP contribution in [-0.2, 0) is 11.2 Å². The van der Waals surface area contributed by atoms with Gasteiger partial charge in [-0.15, -0.1) is 0 Å². The molecule has 1 N–H and O–H groups in total. The lowest BCUT2D eigenvalue weighted by Crippen LogP contribution is -2.20. The standard InChI is InChI=1S/C22H21NO2/c1-2-17-8-12-20(13-9-17)23-22(24)16-25-21-14-10-19(11-15-21)18-6-4-3-5-7-18/h3-15H,2,16H2,1H3,(H,23,24). The third-order valence-electron chi connectivity index (χ3n) is 3.98. The number of ether oxygens (including phenoxy) is 1. The first kappa shape index (κ1) is 16.8. The Labute approximate surface area is 148 Å². The monoisotopic (exact) mass is 331 g/mol. The highest BCUT2D eigenvalue weighted by molar-refractivity contribution is 5.91. The van der Waals surface area contributed by atoms with Crippen LogP contribution in [-0.4, -0.2) is 12.5 Å². The molecular formula is C22H21NO2. The zero-order chi connectivity index (χ0) is 17.5. The van der Waals surface area contributed by atoms with Gasteiger partial charge >= 0.3 is 0 Å². The molecule has 0 saturated carbocycles. The molecule has 0 heterocycles. The summed E-state index contributed by atoms with van der Waals surface area (Å²) in [5, 5.41) is 2.84. The molecule has 0 aliphatic heterocycles. The van der Waals surface area contributed by atoms with E-state index >= 15 is 0 Å². The largest absolute Gasteiger partial charge is 0.484 e. The maximum absolute atomic E-state index is 12.0. The van der Waals surface area contributed by atoms with Gasteiger partial charge in [0.2, 0.25) is 0 Å². The van der Waals surface area contributed by atoms with Gasteiger partial charge in [0.15, 0.2) is 6.61 Å². The van der Waals surface area contributed by atoms with E-state index in [0.717, 1.165) is 23.2 Å². The van der Waals surface area contributed by atoms with Crippen molar-refractivity contribution in [1.29, 1.82) is 0 Å². The number of anilines is 1. The second kappa shape index (κ2) is 8.15. The van der Waals surface area contributed by atoms with E-state index in [1.54, 1.807) is 0 Å². The number of hydrogen-bond donors (Lipinski definition) is 1. The smallest absolute Gasteiger partial charge is 0.262 e. The molecule has 0 aliphatic rings. The molecule has 0 bridgehead atoms. The quantitative estimate of drug-likeness (QED) is 0.695. The van der Waals surface area contributed by atoms with Gasteiger partial charge in [-0.3, -0.25) is 4.79 Å². The molecule has 0 fully saturated rings. The molecule has 3 nitrogen and oxygen atoms in total. The van der Waals surface area contributed by atoms with Gasteiger partial charge in [0.05, 0.1) is 0 Å². The van der Waals surface area contributed by atoms with E-state index in [1.165, 1.54) is 5.56 Å². The Morgan fingerprint density at radius 1 is 0.840 bits per heavy atom. The molecule has 0 radical (unpaired) electrons. The third-order valence-corrected chi connectivity index (χ3v) is 3.98. The van der Waals surface area contributed by atoms with Crippen LogP contribution in [0.2, 0.25) is 0 Å². The fraction of sp³-hybridized carbons (Fsp3) is 0.136. The summed E-state index contributed by atoms with van der Waals surface area (Å²) >= 11 is 0. The number of aryl methyl sites for hydroxylation is 1. The van der Waals surface area contributed by atoms with Crippen molar-refractivity contribution in [3.63, 3.8) is 0 Å². The molecule has 1 amide bonds. The molecule has 0 unspecified atom stereocenters. The molecule has 0 atom stereocenters. The molecule has 0 spiro atoms. The minimum absolute atomic E-state index is 0.0137. The zero-order valence-corrected chi connectivity index (χ0v) is 14.2. The predicted molar refractivity (Wildman–Crippen MR) is 102 cm³/mol. The summed E-state index contributed by atoms with van der Waals surface area (Å²) in [7, 11) is 0. The van der Waals surface area contributed by atoms with E-state index in [1.807, 2.05) is 66.7 Å². The molecule has 3 heteroatoms. The molecule has 126 valence electrons. The highest BCUT2D eigenvalue weighted by Crippen LogP contribution is 2.22. The Bertz CT molecular complexity index is 809. The van der Waals surface area contributed by atoms with Gasteiger partial charge in [0, 0.05) is 5.69 Å². The van der Waals surface area contributed by atoms with Crippen molar-refractivity contribution < 1.29 is 9.53 Å². The Morgan fingerprint density at radius 3 is 2.12 bits per heavy atom. The lowest BCUT2D eigenvalue weighted by molar-refractivity contribution is -0.118. The van der Waals surface area contributed by atoms with Crippen molar-refractivity contribution >= 4 is 11.6 Å². The maximum atomic E-state index is 12.0. The second-order valence-corrected chi connectivity index (χ2v) is 5.78. The maximum Gasteiger partial charge on any atom is 0.262 e. The van der Waals surface area contributed by atoms with Gasteiger partial charge in [-0.25, -0.2) is 0 Å². The predicted octanol–water partition coefficient (Wildman–Crippen LogP) is 4.93. The molecule has 0 saturated heterocycles. The van der Waals surface area contributed by atoms with E-state index in [0.29, 0.717) is 5.75 Å².